The molecule has 84 valence electrons. The minimum atomic E-state index is -0.335. The SMILES string of the molecule is Cc1ccc(F)cc1-n1nnnc1C(C)Cl. The van der Waals surface area contributed by atoms with E-state index in [-0.39, 0.29) is 11.2 Å². The summed E-state index contributed by atoms with van der Waals surface area (Å²) in [5.41, 5.74) is 1.49. The fourth-order valence-corrected chi connectivity index (χ4v) is 1.56. The number of rotatable bonds is 2. The van der Waals surface area contributed by atoms with Crippen molar-refractivity contribution in [2.75, 3.05) is 0 Å². The van der Waals surface area contributed by atoms with Crippen molar-refractivity contribution >= 4 is 11.6 Å². The Labute approximate surface area is 97.0 Å². The van der Waals surface area contributed by atoms with E-state index in [1.807, 2.05) is 6.92 Å². The van der Waals surface area contributed by atoms with E-state index >= 15 is 0 Å². The van der Waals surface area contributed by atoms with Gasteiger partial charge >= 0.3 is 0 Å². The number of hydrogen-bond acceptors (Lipinski definition) is 3. The molecule has 2 aromatic rings. The molecule has 0 bridgehead atoms. The van der Waals surface area contributed by atoms with Crippen molar-refractivity contribution < 1.29 is 4.39 Å². The Morgan fingerprint density at radius 1 is 1.44 bits per heavy atom. The molecule has 0 aliphatic carbocycles. The van der Waals surface area contributed by atoms with Gasteiger partial charge in [0.15, 0.2) is 5.82 Å². The number of tetrazole rings is 1. The second-order valence-corrected chi connectivity index (χ2v) is 4.15. The molecule has 1 aromatic heterocycles. The van der Waals surface area contributed by atoms with Gasteiger partial charge in [-0.25, -0.2) is 4.39 Å². The molecule has 1 unspecified atom stereocenters. The summed E-state index contributed by atoms with van der Waals surface area (Å²) in [7, 11) is 0. The summed E-state index contributed by atoms with van der Waals surface area (Å²) in [5, 5.41) is 10.8. The van der Waals surface area contributed by atoms with Crippen molar-refractivity contribution in [3.63, 3.8) is 0 Å². The van der Waals surface area contributed by atoms with E-state index in [9.17, 15) is 4.39 Å². The predicted octanol–water partition coefficient (Wildman–Crippen LogP) is 2.41. The molecule has 0 N–H and O–H groups in total. The van der Waals surface area contributed by atoms with Crippen LogP contribution in [0.15, 0.2) is 18.2 Å². The van der Waals surface area contributed by atoms with E-state index in [1.54, 1.807) is 13.0 Å². The summed E-state index contributed by atoms with van der Waals surface area (Å²) in [6.07, 6.45) is 0. The van der Waals surface area contributed by atoms with Gasteiger partial charge in [0.05, 0.1) is 11.1 Å². The Morgan fingerprint density at radius 2 is 2.19 bits per heavy atom. The Kier molecular flexibility index (Phi) is 2.87. The van der Waals surface area contributed by atoms with Gasteiger partial charge in [-0.1, -0.05) is 6.07 Å². The molecule has 2 rings (SSSR count). The van der Waals surface area contributed by atoms with Crippen LogP contribution < -0.4 is 0 Å². The largest absolute Gasteiger partial charge is 0.207 e. The van der Waals surface area contributed by atoms with Crippen LogP contribution in [0.2, 0.25) is 0 Å². The van der Waals surface area contributed by atoms with Crippen LogP contribution in [0.5, 0.6) is 0 Å². The topological polar surface area (TPSA) is 43.6 Å². The van der Waals surface area contributed by atoms with Gasteiger partial charge in [-0.15, -0.1) is 16.7 Å². The highest BCUT2D eigenvalue weighted by molar-refractivity contribution is 6.20. The molecule has 0 aliphatic rings. The maximum Gasteiger partial charge on any atom is 0.174 e. The quantitative estimate of drug-likeness (QED) is 0.757. The minimum Gasteiger partial charge on any atom is -0.207 e. The van der Waals surface area contributed by atoms with Gasteiger partial charge in [0, 0.05) is 0 Å². The third-order valence-corrected chi connectivity index (χ3v) is 2.44. The van der Waals surface area contributed by atoms with Crippen LogP contribution in [0.25, 0.3) is 5.69 Å². The first-order chi connectivity index (χ1) is 7.59. The number of halogens is 2. The fraction of sp³-hybridized carbons (Fsp3) is 0.300. The molecule has 1 heterocycles. The molecule has 6 heteroatoms. The molecule has 1 atom stereocenters. The van der Waals surface area contributed by atoms with E-state index in [1.165, 1.54) is 16.8 Å². The molecule has 0 fully saturated rings. The van der Waals surface area contributed by atoms with Gasteiger partial charge < -0.3 is 0 Å². The third kappa shape index (κ3) is 1.90. The minimum absolute atomic E-state index is 0.329. The Morgan fingerprint density at radius 3 is 2.88 bits per heavy atom. The summed E-state index contributed by atoms with van der Waals surface area (Å²) in [4.78, 5) is 0. The van der Waals surface area contributed by atoms with E-state index in [0.29, 0.717) is 11.5 Å². The highest BCUT2D eigenvalue weighted by atomic mass is 35.5. The standard InChI is InChI=1S/C10H10ClFN4/c1-6-3-4-8(12)5-9(6)16-10(7(2)11)13-14-15-16/h3-5,7H,1-2H3. The van der Waals surface area contributed by atoms with Crippen molar-refractivity contribution in [3.8, 4) is 5.69 Å². The molecule has 4 nitrogen and oxygen atoms in total. The fourth-order valence-electron chi connectivity index (χ4n) is 1.42. The lowest BCUT2D eigenvalue weighted by molar-refractivity contribution is 0.623. The van der Waals surface area contributed by atoms with Crippen LogP contribution in [0.1, 0.15) is 23.7 Å². The van der Waals surface area contributed by atoms with E-state index in [4.69, 9.17) is 11.6 Å². The van der Waals surface area contributed by atoms with Crippen molar-refractivity contribution in [3.05, 3.63) is 35.4 Å². The number of aromatic nitrogens is 4. The second kappa shape index (κ2) is 4.17. The van der Waals surface area contributed by atoms with Crippen molar-refractivity contribution in [2.45, 2.75) is 19.2 Å². The number of nitrogens with zero attached hydrogens (tertiary/aromatic N) is 4. The smallest absolute Gasteiger partial charge is 0.174 e. The molecule has 16 heavy (non-hydrogen) atoms. The average Bonchev–Trinajstić information content (AvgIpc) is 2.70. The van der Waals surface area contributed by atoms with Crippen molar-refractivity contribution in [1.82, 2.24) is 20.2 Å². The van der Waals surface area contributed by atoms with Crippen LogP contribution in [-0.2, 0) is 0 Å². The lowest BCUT2D eigenvalue weighted by Gasteiger charge is -2.08. The maximum atomic E-state index is 13.2. The zero-order chi connectivity index (χ0) is 11.7. The zero-order valence-electron chi connectivity index (χ0n) is 8.85. The highest BCUT2D eigenvalue weighted by Crippen LogP contribution is 2.21. The molecular formula is C10H10ClFN4. The Balaban J connectivity index is 2.58. The van der Waals surface area contributed by atoms with Crippen LogP contribution in [-0.4, -0.2) is 20.2 Å². The van der Waals surface area contributed by atoms with Crippen molar-refractivity contribution in [1.29, 1.82) is 0 Å². The number of hydrogen-bond donors (Lipinski definition) is 0. The van der Waals surface area contributed by atoms with Crippen LogP contribution >= 0.6 is 11.6 Å². The van der Waals surface area contributed by atoms with Gasteiger partial charge in [-0.05, 0) is 42.0 Å². The molecule has 0 saturated heterocycles. The predicted molar refractivity (Wildman–Crippen MR) is 58.1 cm³/mol. The first kappa shape index (κ1) is 11.0. The molecule has 0 spiro atoms. The summed E-state index contributed by atoms with van der Waals surface area (Å²) >= 11 is 5.93. The Hall–Kier alpha value is -1.49. The van der Waals surface area contributed by atoms with Crippen LogP contribution in [0, 0.1) is 12.7 Å². The normalized spacial score (nSPS) is 12.8. The summed E-state index contributed by atoms with van der Waals surface area (Å²) in [6, 6.07) is 4.45. The Bertz CT molecular complexity index is 509. The first-order valence-corrected chi connectivity index (χ1v) is 5.22. The third-order valence-electron chi connectivity index (χ3n) is 2.25. The molecular weight excluding hydrogens is 231 g/mol. The number of benzene rings is 1. The molecule has 0 radical (unpaired) electrons. The van der Waals surface area contributed by atoms with Gasteiger partial charge in [0.25, 0.3) is 0 Å². The summed E-state index contributed by atoms with van der Waals surface area (Å²) < 4.78 is 14.6. The van der Waals surface area contributed by atoms with Crippen LogP contribution in [0.4, 0.5) is 4.39 Å². The van der Waals surface area contributed by atoms with Gasteiger partial charge in [-0.2, -0.15) is 4.68 Å². The molecule has 0 saturated carbocycles. The highest BCUT2D eigenvalue weighted by Gasteiger charge is 2.15. The van der Waals surface area contributed by atoms with Gasteiger partial charge in [0.2, 0.25) is 0 Å². The molecule has 0 aliphatic heterocycles. The number of aryl methyl sites for hydroxylation is 1. The maximum absolute atomic E-state index is 13.2. The average molecular weight is 241 g/mol. The number of alkyl halides is 1. The second-order valence-electron chi connectivity index (χ2n) is 3.50. The van der Waals surface area contributed by atoms with E-state index in [2.05, 4.69) is 15.5 Å². The molecule has 0 amide bonds. The lowest BCUT2D eigenvalue weighted by Crippen LogP contribution is -2.06. The van der Waals surface area contributed by atoms with Crippen molar-refractivity contribution in [2.24, 2.45) is 0 Å². The molecule has 1 aromatic carbocycles. The summed E-state index contributed by atoms with van der Waals surface area (Å²) in [6.45, 7) is 3.62. The van der Waals surface area contributed by atoms with Gasteiger partial charge in [0.1, 0.15) is 5.82 Å². The lowest BCUT2D eigenvalue weighted by atomic mass is 10.2. The summed E-state index contributed by atoms with van der Waals surface area (Å²) in [5.74, 6) is 0.166. The van der Waals surface area contributed by atoms with Gasteiger partial charge in [-0.3, -0.25) is 0 Å². The van der Waals surface area contributed by atoms with E-state index < -0.39 is 0 Å². The van der Waals surface area contributed by atoms with E-state index in [0.717, 1.165) is 5.56 Å². The monoisotopic (exact) mass is 240 g/mol. The van der Waals surface area contributed by atoms with Crippen LogP contribution in [0.3, 0.4) is 0 Å². The first-order valence-electron chi connectivity index (χ1n) is 4.78. The zero-order valence-corrected chi connectivity index (χ0v) is 9.61.